The molecular weight excluding hydrogens is 190 g/mol. The highest BCUT2D eigenvalue weighted by Gasteiger charge is 1.93. The summed E-state index contributed by atoms with van der Waals surface area (Å²) in [7, 11) is -2.75. The Morgan fingerprint density at radius 1 is 1.36 bits per heavy atom. The Morgan fingerprint density at radius 2 is 1.36 bits per heavy atom. The first kappa shape index (κ1) is 17.1. The minimum Gasteiger partial charge on any atom is -0.554 e. The van der Waals surface area contributed by atoms with Crippen LogP contribution >= 0.6 is 16.2 Å². The Hall–Kier alpha value is -0.0800. The molecule has 0 saturated carbocycles. The van der Waals surface area contributed by atoms with Gasteiger partial charge in [-0.25, -0.2) is 0 Å². The van der Waals surface area contributed by atoms with E-state index in [2.05, 4.69) is 20.0 Å². The minimum atomic E-state index is -2.87. The maximum atomic E-state index is 8.70. The van der Waals surface area contributed by atoms with Crippen molar-refractivity contribution in [2.75, 3.05) is 20.0 Å². The van der Waals surface area contributed by atoms with E-state index < -0.39 is 14.7 Å². The van der Waals surface area contributed by atoms with E-state index in [4.69, 9.17) is 24.3 Å². The maximum absolute atomic E-state index is 8.70. The van der Waals surface area contributed by atoms with Crippen molar-refractivity contribution in [3.8, 4) is 0 Å². The smallest absolute Gasteiger partial charge is 0.554 e. The van der Waals surface area contributed by atoms with Crippen LogP contribution in [0.5, 0.6) is 0 Å². The second-order valence-corrected chi connectivity index (χ2v) is 5.35. The molecule has 68 valence electrons. The van der Waals surface area contributed by atoms with Gasteiger partial charge in [-0.15, -0.1) is 9.79 Å². The van der Waals surface area contributed by atoms with Crippen LogP contribution in [0.3, 0.4) is 0 Å². The van der Waals surface area contributed by atoms with Gasteiger partial charge in [-0.1, -0.05) is 0 Å². The molecule has 0 unspecified atom stereocenters. The van der Waals surface area contributed by atoms with Gasteiger partial charge in [-0.3, -0.25) is 0 Å². The highest BCUT2D eigenvalue weighted by Crippen LogP contribution is 2.14. The zero-order valence-corrected chi connectivity index (χ0v) is 8.54. The molecular formula is C4H13O5P2+. The fourth-order valence-electron chi connectivity index (χ4n) is 0. The predicted octanol–water partition coefficient (Wildman–Crippen LogP) is -0.916. The van der Waals surface area contributed by atoms with E-state index in [-0.39, 0.29) is 7.92 Å². The summed E-state index contributed by atoms with van der Waals surface area (Å²) in [5, 5.41) is 8.25. The fraction of sp³-hybridized carbons (Fsp3) is 0.750. The van der Waals surface area contributed by atoms with Crippen molar-refractivity contribution >= 4 is 22.6 Å². The summed E-state index contributed by atoms with van der Waals surface area (Å²) in [4.78, 5) is 22.5. The number of carboxylic acid groups (broad SMARTS) is 1. The van der Waals surface area contributed by atoms with Gasteiger partial charge in [0, 0.05) is 31.0 Å². The molecule has 0 heterocycles. The molecule has 0 aromatic rings. The summed E-state index contributed by atoms with van der Waals surface area (Å²) in [6.07, 6.45) is 0. The normalized spacial score (nSPS) is 6.73. The van der Waals surface area contributed by atoms with Crippen LogP contribution < -0.4 is 5.11 Å². The molecule has 7 heteroatoms. The van der Waals surface area contributed by atoms with Crippen molar-refractivity contribution in [3.05, 3.63) is 0 Å². The molecule has 0 aliphatic carbocycles. The molecule has 0 aliphatic rings. The molecule has 0 saturated heterocycles. The Balaban J connectivity index is -0.0000000886. The van der Waals surface area contributed by atoms with Crippen LogP contribution in [-0.2, 0) is 9.36 Å². The van der Waals surface area contributed by atoms with Gasteiger partial charge in [0.2, 0.25) is 0 Å². The third-order valence-corrected chi connectivity index (χ3v) is 0. The second kappa shape index (κ2) is 16.5. The summed E-state index contributed by atoms with van der Waals surface area (Å²) in [6.45, 7) is 6.31. The number of rotatable bonds is 0. The van der Waals surface area contributed by atoms with E-state index in [0.717, 1.165) is 0 Å². The molecule has 0 radical (unpaired) electrons. The molecule has 0 rings (SSSR count). The lowest BCUT2D eigenvalue weighted by molar-refractivity contribution is -0.283. The van der Waals surface area contributed by atoms with Crippen molar-refractivity contribution < 1.29 is 24.3 Å². The standard InChI is InChI=1S/C3H9P.CH2O2.HO3P/c1-4(2)3;2-1-3;1-4(2)3/h1-3H3;1H,(H,2,3);(H-,1,2,3)/p+1. The summed E-state index contributed by atoms with van der Waals surface area (Å²) >= 11 is 0. The zero-order chi connectivity index (χ0) is 9.86. The average Bonchev–Trinajstić information content (AvgIpc) is 1.60. The van der Waals surface area contributed by atoms with Crippen LogP contribution in [0, 0.1) is 0 Å². The van der Waals surface area contributed by atoms with Crippen LogP contribution in [0.15, 0.2) is 0 Å². The van der Waals surface area contributed by atoms with E-state index in [1.54, 1.807) is 0 Å². The van der Waals surface area contributed by atoms with E-state index in [1.165, 1.54) is 0 Å². The Morgan fingerprint density at radius 3 is 1.36 bits per heavy atom. The molecule has 0 atom stereocenters. The van der Waals surface area contributed by atoms with Crippen LogP contribution in [0.1, 0.15) is 0 Å². The SMILES string of the molecule is C[PH+](C)C.O=C[O-].O=[P+](O)O. The quantitative estimate of drug-likeness (QED) is 0.392. The first-order valence-corrected chi connectivity index (χ1v) is 6.72. The third-order valence-electron chi connectivity index (χ3n) is 0. The number of carbonyl (C=O) groups excluding carboxylic acids is 1. The summed E-state index contributed by atoms with van der Waals surface area (Å²) in [6, 6.07) is 0. The van der Waals surface area contributed by atoms with E-state index >= 15 is 0 Å². The summed E-state index contributed by atoms with van der Waals surface area (Å²) < 4.78 is 8.70. The van der Waals surface area contributed by atoms with Gasteiger partial charge in [0.25, 0.3) is 0 Å². The van der Waals surface area contributed by atoms with Gasteiger partial charge in [0.05, 0.1) is 0 Å². The average molecular weight is 203 g/mol. The highest BCUT2D eigenvalue weighted by atomic mass is 31.1. The van der Waals surface area contributed by atoms with Gasteiger partial charge in [0.15, 0.2) is 0 Å². The lowest BCUT2D eigenvalue weighted by Crippen LogP contribution is -2.01. The third kappa shape index (κ3) is 97200. The molecule has 0 spiro atoms. The van der Waals surface area contributed by atoms with Crippen LogP contribution in [0.25, 0.3) is 0 Å². The van der Waals surface area contributed by atoms with Crippen LogP contribution in [-0.4, -0.2) is 36.3 Å². The Kier molecular flexibility index (Phi) is 25.7. The lowest BCUT2D eigenvalue weighted by atomic mass is 11.7. The van der Waals surface area contributed by atoms with Crippen molar-refractivity contribution in [2.45, 2.75) is 0 Å². The highest BCUT2D eigenvalue weighted by molar-refractivity contribution is 7.55. The predicted molar refractivity (Wildman–Crippen MR) is 44.2 cm³/mol. The van der Waals surface area contributed by atoms with E-state index in [9.17, 15) is 0 Å². The molecule has 0 aromatic carbocycles. The number of hydrogen-bond acceptors (Lipinski definition) is 3. The number of carbonyl (C=O) groups is 1. The molecule has 11 heavy (non-hydrogen) atoms. The monoisotopic (exact) mass is 203 g/mol. The minimum absolute atomic E-state index is 0.120. The van der Waals surface area contributed by atoms with Crippen LogP contribution in [0.2, 0.25) is 0 Å². The molecule has 5 nitrogen and oxygen atoms in total. The molecule has 0 fully saturated rings. The number of hydrogen-bond donors (Lipinski definition) is 2. The van der Waals surface area contributed by atoms with E-state index in [1.807, 2.05) is 0 Å². The van der Waals surface area contributed by atoms with E-state index in [0.29, 0.717) is 0 Å². The Labute approximate surface area is 67.8 Å². The van der Waals surface area contributed by atoms with Gasteiger partial charge < -0.3 is 9.90 Å². The molecule has 0 aliphatic heterocycles. The second-order valence-electron chi connectivity index (χ2n) is 1.85. The molecule has 2 N–H and O–H groups in total. The summed E-state index contributed by atoms with van der Waals surface area (Å²) in [5.41, 5.74) is 0. The van der Waals surface area contributed by atoms with Gasteiger partial charge in [-0.05, 0) is 7.92 Å². The largest absolute Gasteiger partial charge is 0.692 e. The molecule has 0 bridgehead atoms. The van der Waals surface area contributed by atoms with Crippen molar-refractivity contribution in [1.29, 1.82) is 0 Å². The maximum Gasteiger partial charge on any atom is 0.692 e. The van der Waals surface area contributed by atoms with Crippen molar-refractivity contribution in [3.63, 3.8) is 0 Å². The summed E-state index contributed by atoms with van der Waals surface area (Å²) in [5.74, 6) is 0. The zero-order valence-electron chi connectivity index (χ0n) is 6.64. The molecule has 0 aromatic heterocycles. The van der Waals surface area contributed by atoms with Gasteiger partial charge >= 0.3 is 8.25 Å². The fourth-order valence-corrected chi connectivity index (χ4v) is 0. The van der Waals surface area contributed by atoms with Crippen molar-refractivity contribution in [2.24, 2.45) is 0 Å². The topological polar surface area (TPSA) is 97.7 Å². The lowest BCUT2D eigenvalue weighted by Gasteiger charge is -1.71. The van der Waals surface area contributed by atoms with Gasteiger partial charge in [0.1, 0.15) is 0 Å². The first-order valence-electron chi connectivity index (χ1n) is 2.55. The first-order chi connectivity index (χ1) is 4.88. The molecule has 0 amide bonds. The Bertz CT molecular complexity index is 87.7. The van der Waals surface area contributed by atoms with Crippen molar-refractivity contribution in [1.82, 2.24) is 0 Å². The van der Waals surface area contributed by atoms with Gasteiger partial charge in [-0.2, -0.15) is 0 Å². The van der Waals surface area contributed by atoms with Crippen LogP contribution in [0.4, 0.5) is 0 Å².